The van der Waals surface area contributed by atoms with Crippen LogP contribution in [0.3, 0.4) is 0 Å². The van der Waals surface area contributed by atoms with E-state index in [4.69, 9.17) is 0 Å². The molecule has 0 saturated carbocycles. The molecule has 0 spiro atoms. The number of carbonyl (C=O) groups is 1. The summed E-state index contributed by atoms with van der Waals surface area (Å²) < 4.78 is 1.80. The molecule has 1 aromatic carbocycles. The number of benzene rings is 1. The van der Waals surface area contributed by atoms with Crippen molar-refractivity contribution in [2.75, 3.05) is 0 Å². The summed E-state index contributed by atoms with van der Waals surface area (Å²) in [6.45, 7) is 2.45. The molecule has 0 aliphatic heterocycles. The summed E-state index contributed by atoms with van der Waals surface area (Å²) in [5, 5.41) is 9.95. The van der Waals surface area contributed by atoms with Gasteiger partial charge in [0.1, 0.15) is 11.5 Å². The molecule has 2 N–H and O–H groups in total. The van der Waals surface area contributed by atoms with Gasteiger partial charge in [-0.3, -0.25) is 9.48 Å². The Bertz CT molecular complexity index is 1090. The minimum absolute atomic E-state index is 0.141. The van der Waals surface area contributed by atoms with Gasteiger partial charge in [-0.05, 0) is 38.3 Å². The number of nitrogens with one attached hydrogen (secondary N) is 2. The van der Waals surface area contributed by atoms with E-state index < -0.39 is 0 Å². The quantitative estimate of drug-likeness (QED) is 0.436. The van der Waals surface area contributed by atoms with Crippen LogP contribution in [-0.2, 0) is 26.4 Å². The highest BCUT2D eigenvalue weighted by atomic mass is 32.1. The minimum Gasteiger partial charge on any atom is -0.346 e. The van der Waals surface area contributed by atoms with Gasteiger partial charge in [0.05, 0.1) is 22.2 Å². The average molecular weight is 409 g/mol. The maximum Gasteiger partial charge on any atom is 0.271 e. The van der Waals surface area contributed by atoms with Crippen molar-refractivity contribution in [2.24, 2.45) is 7.05 Å². The van der Waals surface area contributed by atoms with Crippen LogP contribution in [0.5, 0.6) is 0 Å². The van der Waals surface area contributed by atoms with E-state index in [1.54, 1.807) is 22.2 Å². The number of rotatable bonds is 8. The molecule has 150 valence electrons. The fourth-order valence-corrected chi connectivity index (χ4v) is 4.03. The van der Waals surface area contributed by atoms with Gasteiger partial charge in [-0.1, -0.05) is 12.1 Å². The number of H-pyrrole nitrogens is 1. The third kappa shape index (κ3) is 4.54. The van der Waals surface area contributed by atoms with E-state index >= 15 is 0 Å². The summed E-state index contributed by atoms with van der Waals surface area (Å²) in [5.41, 5.74) is 4.65. The number of carbonyl (C=O) groups excluding carboxylic acids is 1. The van der Waals surface area contributed by atoms with E-state index in [1.807, 2.05) is 43.6 Å². The Morgan fingerprint density at radius 1 is 1.21 bits per heavy atom. The van der Waals surface area contributed by atoms with Gasteiger partial charge in [0.25, 0.3) is 5.91 Å². The van der Waals surface area contributed by atoms with E-state index in [1.165, 1.54) is 0 Å². The minimum atomic E-state index is -0.141. The molecule has 0 atom stereocenters. The second kappa shape index (κ2) is 8.57. The molecule has 0 aliphatic carbocycles. The number of nitrogens with zero attached hydrogens (tertiary/aromatic N) is 4. The van der Waals surface area contributed by atoms with Crippen LogP contribution in [0.4, 0.5) is 0 Å². The van der Waals surface area contributed by atoms with Gasteiger partial charge in [-0.2, -0.15) is 5.10 Å². The zero-order chi connectivity index (χ0) is 20.2. The predicted molar refractivity (Wildman–Crippen MR) is 114 cm³/mol. The highest BCUT2D eigenvalue weighted by Crippen LogP contribution is 2.16. The summed E-state index contributed by atoms with van der Waals surface area (Å²) in [5.74, 6) is 0.883. The summed E-state index contributed by atoms with van der Waals surface area (Å²) in [7, 11) is 1.89. The van der Waals surface area contributed by atoms with Crippen molar-refractivity contribution in [1.82, 2.24) is 30.0 Å². The van der Waals surface area contributed by atoms with Crippen molar-refractivity contribution < 1.29 is 4.79 Å². The lowest BCUT2D eigenvalue weighted by atomic mass is 10.2. The maximum absolute atomic E-state index is 12.3. The Balaban J connectivity index is 1.23. The number of fused-ring (bicyclic) bond motifs is 1. The average Bonchev–Trinajstić information content (AvgIpc) is 3.43. The Morgan fingerprint density at radius 2 is 2.03 bits per heavy atom. The molecule has 0 aliphatic rings. The molecule has 1 amide bonds. The molecule has 4 rings (SSSR count). The zero-order valence-corrected chi connectivity index (χ0v) is 17.4. The second-order valence-corrected chi connectivity index (χ2v) is 8.04. The molecule has 0 fully saturated rings. The van der Waals surface area contributed by atoms with Crippen LogP contribution in [0, 0.1) is 6.92 Å². The number of aromatic nitrogens is 5. The van der Waals surface area contributed by atoms with E-state index in [0.717, 1.165) is 58.8 Å². The molecule has 29 heavy (non-hydrogen) atoms. The first-order valence-corrected chi connectivity index (χ1v) is 10.6. The summed E-state index contributed by atoms with van der Waals surface area (Å²) in [4.78, 5) is 24.8. The predicted octanol–water partition coefficient (Wildman–Crippen LogP) is 3.56. The fraction of sp³-hybridized carbons (Fsp3) is 0.333. The normalized spacial score (nSPS) is 11.2. The lowest BCUT2D eigenvalue weighted by Gasteiger charge is -2.03. The number of imidazole rings is 1. The van der Waals surface area contributed by atoms with Crippen molar-refractivity contribution in [3.8, 4) is 0 Å². The Morgan fingerprint density at radius 3 is 2.83 bits per heavy atom. The van der Waals surface area contributed by atoms with E-state index in [-0.39, 0.29) is 5.91 Å². The van der Waals surface area contributed by atoms with Crippen molar-refractivity contribution >= 4 is 28.3 Å². The van der Waals surface area contributed by atoms with Crippen LogP contribution in [0.1, 0.15) is 45.4 Å². The van der Waals surface area contributed by atoms with Crippen LogP contribution in [-0.4, -0.2) is 30.6 Å². The van der Waals surface area contributed by atoms with Crippen LogP contribution < -0.4 is 5.32 Å². The Kier molecular flexibility index (Phi) is 5.71. The molecule has 4 aromatic rings. The van der Waals surface area contributed by atoms with Crippen LogP contribution in [0.25, 0.3) is 11.0 Å². The first-order chi connectivity index (χ1) is 14.1. The summed E-state index contributed by atoms with van der Waals surface area (Å²) in [6, 6.07) is 8.08. The molecule has 3 heterocycles. The first-order valence-electron chi connectivity index (χ1n) is 9.74. The van der Waals surface area contributed by atoms with Crippen molar-refractivity contribution in [1.29, 1.82) is 0 Å². The third-order valence-corrected chi connectivity index (χ3v) is 5.96. The number of hydrogen-bond acceptors (Lipinski definition) is 5. The number of hydrogen-bond donors (Lipinski definition) is 2. The Labute approximate surface area is 173 Å². The van der Waals surface area contributed by atoms with Crippen molar-refractivity contribution in [3.05, 3.63) is 63.6 Å². The lowest BCUT2D eigenvalue weighted by Crippen LogP contribution is -2.23. The SMILES string of the molecule is Cc1c(CNC(=O)c2csc(CCCCc3nc4ccccc4[nH]3)n2)cnn1C. The van der Waals surface area contributed by atoms with Gasteiger partial charge in [0.15, 0.2) is 0 Å². The number of thiazole rings is 1. The molecule has 0 saturated heterocycles. The highest BCUT2D eigenvalue weighted by Gasteiger charge is 2.12. The number of aromatic amines is 1. The van der Waals surface area contributed by atoms with Gasteiger partial charge in [0, 0.05) is 36.7 Å². The van der Waals surface area contributed by atoms with Gasteiger partial charge in [-0.25, -0.2) is 9.97 Å². The summed E-state index contributed by atoms with van der Waals surface area (Å²) >= 11 is 1.55. The molecular formula is C21H24N6OS. The highest BCUT2D eigenvalue weighted by molar-refractivity contribution is 7.09. The molecule has 8 heteroatoms. The maximum atomic E-state index is 12.3. The fourth-order valence-electron chi connectivity index (χ4n) is 3.21. The van der Waals surface area contributed by atoms with Gasteiger partial charge in [-0.15, -0.1) is 11.3 Å². The molecule has 7 nitrogen and oxygen atoms in total. The number of para-hydroxylation sites is 2. The van der Waals surface area contributed by atoms with Gasteiger partial charge in [0.2, 0.25) is 0 Å². The van der Waals surface area contributed by atoms with Crippen LogP contribution in [0.2, 0.25) is 0 Å². The third-order valence-electron chi connectivity index (χ3n) is 5.05. The van der Waals surface area contributed by atoms with Gasteiger partial charge >= 0.3 is 0 Å². The molecular weight excluding hydrogens is 384 g/mol. The zero-order valence-electron chi connectivity index (χ0n) is 16.6. The number of unbranched alkanes of at least 4 members (excludes halogenated alkanes) is 1. The molecule has 0 unspecified atom stereocenters. The number of aryl methyl sites for hydroxylation is 3. The number of amides is 1. The lowest BCUT2D eigenvalue weighted by molar-refractivity contribution is 0.0946. The van der Waals surface area contributed by atoms with Crippen LogP contribution in [0.15, 0.2) is 35.8 Å². The standard InChI is InChI=1S/C21H24N6OS/c1-14-15(12-23-27(14)2)11-22-21(28)18-13-29-20(26-18)10-6-5-9-19-24-16-7-3-4-8-17(16)25-19/h3-4,7-8,12-13H,5-6,9-11H2,1-2H3,(H,22,28)(H,24,25). The van der Waals surface area contributed by atoms with Crippen molar-refractivity contribution in [2.45, 2.75) is 39.2 Å². The van der Waals surface area contributed by atoms with E-state index in [0.29, 0.717) is 12.2 Å². The van der Waals surface area contributed by atoms with Crippen LogP contribution >= 0.6 is 11.3 Å². The van der Waals surface area contributed by atoms with Crippen molar-refractivity contribution in [3.63, 3.8) is 0 Å². The molecule has 3 aromatic heterocycles. The van der Waals surface area contributed by atoms with E-state index in [9.17, 15) is 4.79 Å². The monoisotopic (exact) mass is 408 g/mol. The molecule has 0 radical (unpaired) electrons. The largest absolute Gasteiger partial charge is 0.346 e. The molecule has 0 bridgehead atoms. The van der Waals surface area contributed by atoms with E-state index in [2.05, 4.69) is 25.4 Å². The smallest absolute Gasteiger partial charge is 0.271 e. The second-order valence-electron chi connectivity index (χ2n) is 7.10. The topological polar surface area (TPSA) is 88.5 Å². The first kappa shape index (κ1) is 19.3. The Hall–Kier alpha value is -3.00. The summed E-state index contributed by atoms with van der Waals surface area (Å²) in [6.07, 6.45) is 5.61. The van der Waals surface area contributed by atoms with Gasteiger partial charge < -0.3 is 10.3 Å².